The van der Waals surface area contributed by atoms with Crippen LogP contribution in [0.15, 0.2) is 66.7 Å². The maximum atomic E-state index is 13.3. The number of hydrogen-bond donors (Lipinski definition) is 0. The van der Waals surface area contributed by atoms with Gasteiger partial charge in [-0.15, -0.1) is 0 Å². The fraction of sp³-hybridized carbons (Fsp3) is 0.160. The van der Waals surface area contributed by atoms with Crippen LogP contribution in [-0.4, -0.2) is 9.78 Å². The van der Waals surface area contributed by atoms with Gasteiger partial charge in [0.15, 0.2) is 5.69 Å². The molecule has 3 nitrogen and oxygen atoms in total. The Morgan fingerprint density at radius 3 is 2.03 bits per heavy atom. The van der Waals surface area contributed by atoms with Gasteiger partial charge in [0, 0.05) is 0 Å². The van der Waals surface area contributed by atoms with E-state index >= 15 is 0 Å². The Bertz CT molecular complexity index is 1260. The summed E-state index contributed by atoms with van der Waals surface area (Å²) in [6.07, 6.45) is -4.62. The lowest BCUT2D eigenvalue weighted by molar-refractivity contribution is -0.141. The lowest BCUT2D eigenvalue weighted by atomic mass is 9.96. The SMILES string of the molecule is Cc1cccc(C)c1-c1ccc(OCc2cc(C(F)(F)F)nn2-c2c(Cl)cccc2Cl)cc1. The van der Waals surface area contributed by atoms with Gasteiger partial charge in [0.05, 0.1) is 15.7 Å². The third-order valence-corrected chi connectivity index (χ3v) is 5.84. The van der Waals surface area contributed by atoms with Gasteiger partial charge in [0.2, 0.25) is 0 Å². The summed E-state index contributed by atoms with van der Waals surface area (Å²) in [6, 6.07) is 19.1. The van der Waals surface area contributed by atoms with Crippen molar-refractivity contribution in [3.05, 3.63) is 99.3 Å². The van der Waals surface area contributed by atoms with Crippen molar-refractivity contribution >= 4 is 23.2 Å². The molecule has 0 N–H and O–H groups in total. The Morgan fingerprint density at radius 2 is 1.45 bits per heavy atom. The molecule has 8 heteroatoms. The van der Waals surface area contributed by atoms with Crippen molar-refractivity contribution in [1.29, 1.82) is 0 Å². The molecule has 0 atom stereocenters. The van der Waals surface area contributed by atoms with Gasteiger partial charge in [-0.2, -0.15) is 18.3 Å². The molecule has 0 aliphatic heterocycles. The van der Waals surface area contributed by atoms with Gasteiger partial charge in [0.25, 0.3) is 0 Å². The zero-order valence-electron chi connectivity index (χ0n) is 17.8. The molecule has 0 aliphatic rings. The number of halogens is 5. The largest absolute Gasteiger partial charge is 0.487 e. The molecule has 1 aromatic heterocycles. The van der Waals surface area contributed by atoms with Gasteiger partial charge < -0.3 is 4.74 Å². The van der Waals surface area contributed by atoms with Crippen molar-refractivity contribution in [2.24, 2.45) is 0 Å². The average molecular weight is 491 g/mol. The van der Waals surface area contributed by atoms with E-state index < -0.39 is 11.9 Å². The number of nitrogens with zero attached hydrogens (tertiary/aromatic N) is 2. The Hall–Kier alpha value is -2.96. The van der Waals surface area contributed by atoms with Gasteiger partial charge in [0.1, 0.15) is 18.0 Å². The Balaban J connectivity index is 1.63. The highest BCUT2D eigenvalue weighted by atomic mass is 35.5. The van der Waals surface area contributed by atoms with Crippen LogP contribution in [0.4, 0.5) is 13.2 Å². The number of alkyl halides is 3. The molecule has 0 saturated carbocycles. The fourth-order valence-electron chi connectivity index (χ4n) is 3.69. The molecule has 0 unspecified atom stereocenters. The second-order valence-electron chi connectivity index (χ2n) is 7.58. The molecule has 0 fully saturated rings. The second kappa shape index (κ2) is 9.12. The van der Waals surface area contributed by atoms with Crippen molar-refractivity contribution in [2.75, 3.05) is 0 Å². The first-order chi connectivity index (χ1) is 15.6. The average Bonchev–Trinajstić information content (AvgIpc) is 3.17. The second-order valence-corrected chi connectivity index (χ2v) is 8.40. The number of aromatic nitrogens is 2. The third-order valence-electron chi connectivity index (χ3n) is 5.23. The zero-order chi connectivity index (χ0) is 23.8. The molecular weight excluding hydrogens is 472 g/mol. The van der Waals surface area contributed by atoms with Crippen LogP contribution in [0.1, 0.15) is 22.5 Å². The maximum absolute atomic E-state index is 13.3. The minimum absolute atomic E-state index is 0.159. The van der Waals surface area contributed by atoms with Crippen LogP contribution in [0.5, 0.6) is 5.75 Å². The van der Waals surface area contributed by atoms with Gasteiger partial charge in [-0.1, -0.05) is 59.6 Å². The molecule has 3 aromatic carbocycles. The highest BCUT2D eigenvalue weighted by molar-refractivity contribution is 6.37. The summed E-state index contributed by atoms with van der Waals surface area (Å²) in [5, 5.41) is 4.06. The molecular formula is C25H19Cl2F3N2O. The number of rotatable bonds is 5. The predicted octanol–water partition coefficient (Wildman–Crippen LogP) is 8.06. The number of hydrogen-bond acceptors (Lipinski definition) is 2. The molecule has 33 heavy (non-hydrogen) atoms. The van der Waals surface area contributed by atoms with E-state index in [9.17, 15) is 13.2 Å². The Morgan fingerprint density at radius 1 is 0.879 bits per heavy atom. The van der Waals surface area contributed by atoms with Crippen LogP contribution < -0.4 is 4.74 Å². The van der Waals surface area contributed by atoms with Crippen LogP contribution in [0.25, 0.3) is 16.8 Å². The molecule has 4 aromatic rings. The molecule has 0 saturated heterocycles. The van der Waals surface area contributed by atoms with E-state index in [-0.39, 0.29) is 28.0 Å². The molecule has 0 radical (unpaired) electrons. The van der Waals surface area contributed by atoms with Crippen molar-refractivity contribution in [1.82, 2.24) is 9.78 Å². The molecule has 1 heterocycles. The van der Waals surface area contributed by atoms with Crippen molar-refractivity contribution < 1.29 is 17.9 Å². The smallest absolute Gasteiger partial charge is 0.435 e. The highest BCUT2D eigenvalue weighted by Crippen LogP contribution is 2.34. The van der Waals surface area contributed by atoms with E-state index in [0.29, 0.717) is 5.75 Å². The van der Waals surface area contributed by atoms with Gasteiger partial charge >= 0.3 is 6.18 Å². The normalized spacial score (nSPS) is 11.6. The predicted molar refractivity (Wildman–Crippen MR) is 124 cm³/mol. The quantitative estimate of drug-likeness (QED) is 0.282. The fourth-order valence-corrected chi connectivity index (χ4v) is 4.25. The standard InChI is InChI=1S/C25H19Cl2F3N2O/c1-15-5-3-6-16(2)23(15)17-9-11-19(12-10-17)33-14-18-13-22(25(28,29)30)31-32(18)24-20(26)7-4-8-21(24)27/h3-13H,14H2,1-2H3. The van der Waals surface area contributed by atoms with Crippen LogP contribution in [-0.2, 0) is 12.8 Å². The summed E-state index contributed by atoms with van der Waals surface area (Å²) in [5.74, 6) is 0.511. The summed E-state index contributed by atoms with van der Waals surface area (Å²) in [4.78, 5) is 0. The van der Waals surface area contributed by atoms with Crippen LogP contribution in [0.3, 0.4) is 0 Å². The summed E-state index contributed by atoms with van der Waals surface area (Å²) >= 11 is 12.4. The van der Waals surface area contributed by atoms with E-state index in [0.717, 1.165) is 33.0 Å². The minimum Gasteiger partial charge on any atom is -0.487 e. The van der Waals surface area contributed by atoms with Gasteiger partial charge in [-0.3, -0.25) is 0 Å². The van der Waals surface area contributed by atoms with Crippen LogP contribution in [0.2, 0.25) is 10.0 Å². The number of benzene rings is 3. The van der Waals surface area contributed by atoms with Crippen molar-refractivity contribution in [3.63, 3.8) is 0 Å². The first kappa shape index (κ1) is 23.2. The van der Waals surface area contributed by atoms with Gasteiger partial charge in [-0.25, -0.2) is 4.68 Å². The first-order valence-corrected chi connectivity index (χ1v) is 10.8. The molecule has 0 bridgehead atoms. The topological polar surface area (TPSA) is 27.1 Å². The van der Waals surface area contributed by atoms with Crippen molar-refractivity contribution in [2.45, 2.75) is 26.6 Å². The third kappa shape index (κ3) is 4.87. The van der Waals surface area contributed by atoms with E-state index in [1.807, 2.05) is 44.2 Å². The highest BCUT2D eigenvalue weighted by Gasteiger charge is 2.35. The zero-order valence-corrected chi connectivity index (χ0v) is 19.3. The molecule has 0 amide bonds. The van der Waals surface area contributed by atoms with Gasteiger partial charge in [-0.05, 0) is 66.4 Å². The lowest BCUT2D eigenvalue weighted by Gasteiger charge is -2.13. The van der Waals surface area contributed by atoms with E-state index in [4.69, 9.17) is 27.9 Å². The molecule has 170 valence electrons. The summed E-state index contributed by atoms with van der Waals surface area (Å²) < 4.78 is 46.9. The maximum Gasteiger partial charge on any atom is 0.435 e. The molecule has 0 aliphatic carbocycles. The van der Waals surface area contributed by atoms with Crippen LogP contribution >= 0.6 is 23.2 Å². The number of aryl methyl sites for hydroxylation is 2. The summed E-state index contributed by atoms with van der Waals surface area (Å²) in [5.41, 5.74) is 3.77. The Labute approximate surface area is 199 Å². The molecule has 4 rings (SSSR count). The number of ether oxygens (including phenoxy) is 1. The van der Waals surface area contributed by atoms with Crippen LogP contribution in [0, 0.1) is 13.8 Å². The van der Waals surface area contributed by atoms with E-state index in [1.54, 1.807) is 18.2 Å². The summed E-state index contributed by atoms with van der Waals surface area (Å²) in [6.45, 7) is 3.94. The minimum atomic E-state index is -4.62. The van der Waals surface area contributed by atoms with Crippen molar-refractivity contribution in [3.8, 4) is 22.6 Å². The lowest BCUT2D eigenvalue weighted by Crippen LogP contribution is -2.09. The molecule has 0 spiro atoms. The first-order valence-electron chi connectivity index (χ1n) is 10.0. The van der Waals surface area contributed by atoms with E-state index in [2.05, 4.69) is 5.10 Å². The van der Waals surface area contributed by atoms with E-state index in [1.165, 1.54) is 12.1 Å². The monoisotopic (exact) mass is 490 g/mol. The number of para-hydroxylation sites is 1. The Kier molecular flexibility index (Phi) is 6.41. The summed E-state index contributed by atoms with van der Waals surface area (Å²) in [7, 11) is 0.